The number of aryl methyl sites for hydroxylation is 7. The normalized spacial score (nSPS) is 11.4. The van der Waals surface area contributed by atoms with Crippen LogP contribution in [0.3, 0.4) is 0 Å². The van der Waals surface area contributed by atoms with Gasteiger partial charge >= 0.3 is 49.5 Å². The predicted molar refractivity (Wildman–Crippen MR) is 201 cm³/mol. The van der Waals surface area contributed by atoms with Gasteiger partial charge in [-0.2, -0.15) is 6.67 Å². The van der Waals surface area contributed by atoms with E-state index in [1.807, 2.05) is 71.0 Å². The van der Waals surface area contributed by atoms with Crippen LogP contribution >= 0.6 is 19.4 Å². The molecule has 2 aromatic carbocycles. The maximum atomic E-state index is 5.31. The van der Waals surface area contributed by atoms with E-state index in [2.05, 4.69) is 97.0 Å². The van der Waals surface area contributed by atoms with Crippen LogP contribution in [0.5, 0.6) is 0 Å². The van der Waals surface area contributed by atoms with E-state index in [1.165, 1.54) is 56.7 Å². The van der Waals surface area contributed by atoms with Crippen LogP contribution in [0.4, 0.5) is 11.4 Å². The smallest absolute Gasteiger partial charge is 0.0372 e. The van der Waals surface area contributed by atoms with E-state index in [1.54, 1.807) is 18.6 Å². The Labute approximate surface area is 293 Å². The number of anilines is 2. The van der Waals surface area contributed by atoms with E-state index in [4.69, 9.17) is 19.4 Å². The van der Waals surface area contributed by atoms with Gasteiger partial charge in [0, 0.05) is 48.7 Å². The van der Waals surface area contributed by atoms with E-state index in [0.29, 0.717) is 0 Å². The Balaban J connectivity index is 0.000000714. The molecule has 0 unspecified atom stereocenters. The summed E-state index contributed by atoms with van der Waals surface area (Å²) in [5.74, 6) is 0. The molecule has 5 rings (SSSR count). The Bertz CT molecular complexity index is 1260. The number of hydrogen-bond acceptors (Lipinski definition) is 5. The zero-order valence-corrected chi connectivity index (χ0v) is 33.1. The van der Waals surface area contributed by atoms with Crippen molar-refractivity contribution in [2.24, 2.45) is 0 Å². The Morgan fingerprint density at radius 1 is 0.674 bits per heavy atom. The maximum absolute atomic E-state index is 5.31. The Morgan fingerprint density at radius 2 is 1.09 bits per heavy atom. The van der Waals surface area contributed by atoms with Gasteiger partial charge in [-0.3, -0.25) is 9.97 Å². The Morgan fingerprint density at radius 3 is 1.30 bits per heavy atom. The first-order valence-electron chi connectivity index (χ1n) is 15.6. The SMILES string of the molecule is CC.CC.CO[CH]=[Ru]([Cl])[Cl].Cc1cc(C)c(N2[CH-]N(c3c(C)cc(C)cc3C)CC2)c(C)c1.Cc1ccccn1.c1ccncc1. The number of nitrogens with zero attached hydrogens (tertiary/aromatic N) is 4. The fourth-order valence-electron chi connectivity index (χ4n) is 4.91. The van der Waals surface area contributed by atoms with Crippen molar-refractivity contribution < 1.29 is 18.3 Å². The van der Waals surface area contributed by atoms with Crippen LogP contribution in [0.1, 0.15) is 66.8 Å². The number of hydrogen-bond donors (Lipinski definition) is 0. The standard InChI is InChI=1S/C21H27N2.C6H7N.C5H5N.C2H4O.2C2H6.2ClH.Ru/c1-14-9-16(3)20(17(4)10-14)22-7-8-23(13-22)21-18(5)11-15(2)12-19(21)6;1-6-4-2-3-5-7-6;1-2-4-6-5-3-1;1-3-2;2*1-2;;;/h9-13H,7-8H2,1-6H3;2-5H,1H3;1-5H;1H,2H3;2*1-2H3;2*1H;/q-1;;;;;;;;+2/p-2. The minimum Gasteiger partial charge on any atom is -0.502 e. The molecular weight excluding hydrogens is 700 g/mol. The van der Waals surface area contributed by atoms with Crippen LogP contribution in [0.15, 0.2) is 79.3 Å². The van der Waals surface area contributed by atoms with Gasteiger partial charge in [-0.1, -0.05) is 75.2 Å². The van der Waals surface area contributed by atoms with Gasteiger partial charge in [-0.05, 0) is 95.0 Å². The van der Waals surface area contributed by atoms with Gasteiger partial charge in [-0.15, -0.1) is 0 Å². The first-order chi connectivity index (χ1) is 22.0. The molecule has 4 aromatic rings. The van der Waals surface area contributed by atoms with Crippen molar-refractivity contribution in [2.75, 3.05) is 30.0 Å². The van der Waals surface area contributed by atoms with E-state index >= 15 is 0 Å². The fourth-order valence-corrected chi connectivity index (χ4v) is 5.97. The maximum Gasteiger partial charge on any atom is 0.0372 e. The average Bonchev–Trinajstić information content (AvgIpc) is 3.49. The molecule has 0 aliphatic carbocycles. The summed E-state index contributed by atoms with van der Waals surface area (Å²) in [5.41, 5.74) is 11.9. The molecule has 1 aliphatic heterocycles. The molecule has 1 aliphatic rings. The molecule has 0 radical (unpaired) electrons. The molecule has 5 nitrogen and oxygen atoms in total. The van der Waals surface area contributed by atoms with Crippen LogP contribution in [0, 0.1) is 55.1 Å². The molecule has 2 aromatic heterocycles. The first-order valence-corrected chi connectivity index (χ1v) is 21.1. The van der Waals surface area contributed by atoms with E-state index < -0.39 is 13.5 Å². The minimum absolute atomic E-state index is 1.04. The van der Waals surface area contributed by atoms with E-state index in [0.717, 1.165) is 18.8 Å². The molecule has 1 saturated heterocycles. The van der Waals surface area contributed by atoms with Crippen molar-refractivity contribution >= 4 is 35.6 Å². The molecule has 256 valence electrons. The van der Waals surface area contributed by atoms with Crippen LogP contribution in [-0.2, 0) is 18.3 Å². The number of rotatable bonds is 3. The molecule has 3 heterocycles. The molecular formula is C38H55Cl2N4ORu-. The van der Waals surface area contributed by atoms with Crippen LogP contribution in [-0.4, -0.2) is 35.0 Å². The molecule has 0 atom stereocenters. The van der Waals surface area contributed by atoms with Gasteiger partial charge < -0.3 is 9.80 Å². The van der Waals surface area contributed by atoms with E-state index in [-0.39, 0.29) is 0 Å². The number of benzene rings is 2. The second-order valence-electron chi connectivity index (χ2n) is 10.0. The Hall–Kier alpha value is -2.63. The van der Waals surface area contributed by atoms with Crippen molar-refractivity contribution in [3.8, 4) is 0 Å². The van der Waals surface area contributed by atoms with Crippen LogP contribution in [0.2, 0.25) is 0 Å². The second-order valence-corrected chi connectivity index (χ2v) is 15.6. The topological polar surface area (TPSA) is 41.5 Å². The number of pyridine rings is 2. The average molecular weight is 756 g/mol. The third kappa shape index (κ3) is 16.8. The molecule has 8 heteroatoms. The molecule has 0 N–H and O–H groups in total. The monoisotopic (exact) mass is 755 g/mol. The fraction of sp³-hybridized carbons (Fsp3) is 0.368. The molecule has 0 amide bonds. The summed E-state index contributed by atoms with van der Waals surface area (Å²) in [6.45, 7) is 27.5. The molecule has 0 spiro atoms. The van der Waals surface area contributed by atoms with Gasteiger partial charge in [0.2, 0.25) is 0 Å². The van der Waals surface area contributed by atoms with E-state index in [9.17, 15) is 0 Å². The first kappa shape index (κ1) is 43.4. The summed E-state index contributed by atoms with van der Waals surface area (Å²) in [6.07, 6.45) is 5.29. The summed E-state index contributed by atoms with van der Waals surface area (Å²) in [5, 5.41) is 0. The van der Waals surface area contributed by atoms with Gasteiger partial charge in [0.15, 0.2) is 0 Å². The zero-order valence-electron chi connectivity index (χ0n) is 29.9. The number of halogens is 2. The van der Waals surface area contributed by atoms with Gasteiger partial charge in [-0.25, -0.2) is 0 Å². The second kappa shape index (κ2) is 25.5. The third-order valence-electron chi connectivity index (χ3n) is 6.23. The molecule has 0 bridgehead atoms. The molecule has 46 heavy (non-hydrogen) atoms. The molecule has 1 fully saturated rings. The zero-order chi connectivity index (χ0) is 35.1. The number of aromatic nitrogens is 2. The van der Waals surface area contributed by atoms with Crippen molar-refractivity contribution in [1.82, 2.24) is 9.97 Å². The van der Waals surface area contributed by atoms with Crippen LogP contribution in [0.25, 0.3) is 0 Å². The van der Waals surface area contributed by atoms with Crippen molar-refractivity contribution in [3.05, 3.63) is 125 Å². The number of methoxy groups -OCH3 is 1. The quantitative estimate of drug-likeness (QED) is 0.154. The van der Waals surface area contributed by atoms with Gasteiger partial charge in [0.1, 0.15) is 0 Å². The minimum atomic E-state index is -1.61. The summed E-state index contributed by atoms with van der Waals surface area (Å²) in [7, 11) is 12.1. The summed E-state index contributed by atoms with van der Waals surface area (Å²) >= 11 is -1.61. The Kier molecular flexibility index (Phi) is 24.0. The third-order valence-corrected chi connectivity index (χ3v) is 7.70. The molecule has 0 saturated carbocycles. The summed E-state index contributed by atoms with van der Waals surface area (Å²) < 4.78 is 4.48. The van der Waals surface area contributed by atoms with Crippen LogP contribution < -0.4 is 9.80 Å². The summed E-state index contributed by atoms with van der Waals surface area (Å²) in [4.78, 5) is 14.0. The number of ether oxygens (including phenoxy) is 1. The largest absolute Gasteiger partial charge is 0.502 e. The summed E-state index contributed by atoms with van der Waals surface area (Å²) in [6, 6.07) is 20.7. The van der Waals surface area contributed by atoms with Crippen molar-refractivity contribution in [3.63, 3.8) is 0 Å². The van der Waals surface area contributed by atoms with Gasteiger partial charge in [0.25, 0.3) is 0 Å². The van der Waals surface area contributed by atoms with Crippen molar-refractivity contribution in [2.45, 2.75) is 76.2 Å². The van der Waals surface area contributed by atoms with Gasteiger partial charge in [0.05, 0.1) is 0 Å². The predicted octanol–water partition coefficient (Wildman–Crippen LogP) is 10.8. The van der Waals surface area contributed by atoms with Crippen molar-refractivity contribution in [1.29, 1.82) is 0 Å².